The lowest BCUT2D eigenvalue weighted by atomic mass is 9.96. The van der Waals surface area contributed by atoms with Crippen molar-refractivity contribution in [2.45, 2.75) is 39.2 Å². The minimum Gasteiger partial charge on any atom is -0.312 e. The van der Waals surface area contributed by atoms with Crippen molar-refractivity contribution in [1.82, 2.24) is 9.55 Å². The van der Waals surface area contributed by atoms with Gasteiger partial charge in [0.15, 0.2) is 0 Å². The Balaban J connectivity index is 1.80. The molecule has 1 aliphatic heterocycles. The predicted octanol–water partition coefficient (Wildman–Crippen LogP) is 3.50. The normalized spacial score (nSPS) is 16.1. The molecule has 0 aliphatic carbocycles. The number of hydrogen-bond donors (Lipinski definition) is 0. The molecule has 5 nitrogen and oxygen atoms in total. The molecule has 0 fully saturated rings. The van der Waals surface area contributed by atoms with Crippen LogP contribution < -0.4 is 10.5 Å². The molecule has 1 aliphatic rings. The van der Waals surface area contributed by atoms with Crippen LogP contribution in [0.15, 0.2) is 53.3 Å². The van der Waals surface area contributed by atoms with Crippen LogP contribution in [0.2, 0.25) is 0 Å². The van der Waals surface area contributed by atoms with Gasteiger partial charge in [0.25, 0.3) is 5.56 Å². The van der Waals surface area contributed by atoms with E-state index in [9.17, 15) is 9.59 Å². The Bertz CT molecular complexity index is 1070. The van der Waals surface area contributed by atoms with Crippen molar-refractivity contribution in [3.05, 3.63) is 70.3 Å². The van der Waals surface area contributed by atoms with Gasteiger partial charge in [0.2, 0.25) is 5.91 Å². The highest BCUT2D eigenvalue weighted by Gasteiger charge is 2.37. The van der Waals surface area contributed by atoms with E-state index in [4.69, 9.17) is 4.98 Å². The summed E-state index contributed by atoms with van der Waals surface area (Å²) in [4.78, 5) is 32.6. The number of para-hydroxylation sites is 2. The molecule has 0 unspecified atom stereocenters. The van der Waals surface area contributed by atoms with Gasteiger partial charge in [0.05, 0.1) is 16.8 Å². The van der Waals surface area contributed by atoms with Crippen LogP contribution in [-0.4, -0.2) is 22.0 Å². The van der Waals surface area contributed by atoms with E-state index in [-0.39, 0.29) is 17.4 Å². The van der Waals surface area contributed by atoms with E-state index >= 15 is 0 Å². The Morgan fingerprint density at radius 2 is 1.74 bits per heavy atom. The summed E-state index contributed by atoms with van der Waals surface area (Å²) in [5.41, 5.74) is 2.66. The van der Waals surface area contributed by atoms with Crippen molar-refractivity contribution in [3.63, 3.8) is 0 Å². The average molecular weight is 361 g/mol. The van der Waals surface area contributed by atoms with Crippen LogP contribution in [0.4, 0.5) is 5.69 Å². The molecule has 2 aromatic carbocycles. The summed E-state index contributed by atoms with van der Waals surface area (Å²) in [6, 6.07) is 15.3. The third-order valence-corrected chi connectivity index (χ3v) is 5.26. The number of fused-ring (bicyclic) bond motifs is 2. The molecule has 2 heterocycles. The number of carbonyl (C=O) groups excluding carboxylic acids is 1. The minimum atomic E-state index is -0.293. The number of amides is 1. The Morgan fingerprint density at radius 1 is 1.00 bits per heavy atom. The van der Waals surface area contributed by atoms with Gasteiger partial charge >= 0.3 is 0 Å². The number of rotatable bonds is 5. The monoisotopic (exact) mass is 361 g/mol. The van der Waals surface area contributed by atoms with E-state index in [1.165, 1.54) is 0 Å². The van der Waals surface area contributed by atoms with E-state index in [0.29, 0.717) is 36.2 Å². The van der Waals surface area contributed by atoms with Gasteiger partial charge in [0.1, 0.15) is 5.82 Å². The first-order valence-corrected chi connectivity index (χ1v) is 9.54. The highest BCUT2D eigenvalue weighted by atomic mass is 16.2. The third kappa shape index (κ3) is 2.83. The Morgan fingerprint density at radius 3 is 2.52 bits per heavy atom. The first kappa shape index (κ1) is 17.5. The fourth-order valence-corrected chi connectivity index (χ4v) is 4.00. The molecular weight excluding hydrogens is 338 g/mol. The molecule has 4 rings (SSSR count). The predicted molar refractivity (Wildman–Crippen MR) is 107 cm³/mol. The van der Waals surface area contributed by atoms with Crippen LogP contribution in [0.25, 0.3) is 10.9 Å². The number of aromatic nitrogens is 2. The average Bonchev–Trinajstić information content (AvgIpc) is 2.95. The zero-order valence-corrected chi connectivity index (χ0v) is 15.7. The standard InChI is InChI=1S/C22H23N3O2/c1-3-13-25-19-12-8-6-9-15(19)17(22(25)27)14-20-23-18-11-7-5-10-16(18)21(26)24(20)4-2/h5-12,17H,3-4,13-14H2,1-2H3/t17-/m1/s1. The topological polar surface area (TPSA) is 55.2 Å². The van der Waals surface area contributed by atoms with Gasteiger partial charge in [0, 0.05) is 25.2 Å². The highest BCUT2D eigenvalue weighted by Crippen LogP contribution is 2.38. The second-order valence-corrected chi connectivity index (χ2v) is 6.90. The maximum Gasteiger partial charge on any atom is 0.261 e. The van der Waals surface area contributed by atoms with Crippen molar-refractivity contribution >= 4 is 22.5 Å². The molecule has 0 N–H and O–H groups in total. The van der Waals surface area contributed by atoms with Crippen molar-refractivity contribution in [2.24, 2.45) is 0 Å². The van der Waals surface area contributed by atoms with Crippen LogP contribution in [0, 0.1) is 0 Å². The van der Waals surface area contributed by atoms with Crippen molar-refractivity contribution < 1.29 is 4.79 Å². The number of hydrogen-bond acceptors (Lipinski definition) is 3. The Kier molecular flexibility index (Phi) is 4.52. The number of benzene rings is 2. The molecule has 1 atom stereocenters. The zero-order valence-electron chi connectivity index (χ0n) is 15.7. The molecule has 0 saturated heterocycles. The van der Waals surface area contributed by atoms with Gasteiger partial charge in [-0.05, 0) is 37.1 Å². The molecule has 0 radical (unpaired) electrons. The summed E-state index contributed by atoms with van der Waals surface area (Å²) < 4.78 is 1.70. The number of carbonyl (C=O) groups is 1. The number of anilines is 1. The van der Waals surface area contributed by atoms with Crippen LogP contribution in [0.3, 0.4) is 0 Å². The lowest BCUT2D eigenvalue weighted by Crippen LogP contribution is -2.32. The van der Waals surface area contributed by atoms with Crippen LogP contribution in [0.1, 0.15) is 37.6 Å². The summed E-state index contributed by atoms with van der Waals surface area (Å²) in [5, 5.41) is 0.619. The fraction of sp³-hybridized carbons (Fsp3) is 0.318. The summed E-state index contributed by atoms with van der Waals surface area (Å²) in [7, 11) is 0. The van der Waals surface area contributed by atoms with Gasteiger partial charge < -0.3 is 4.90 Å². The molecular formula is C22H23N3O2. The van der Waals surface area contributed by atoms with Gasteiger partial charge in [-0.25, -0.2) is 4.98 Å². The lowest BCUT2D eigenvalue weighted by molar-refractivity contribution is -0.119. The smallest absolute Gasteiger partial charge is 0.261 e. The molecule has 27 heavy (non-hydrogen) atoms. The summed E-state index contributed by atoms with van der Waals surface area (Å²) >= 11 is 0. The van der Waals surface area contributed by atoms with E-state index in [1.807, 2.05) is 54.3 Å². The van der Waals surface area contributed by atoms with E-state index in [1.54, 1.807) is 10.6 Å². The van der Waals surface area contributed by atoms with Gasteiger partial charge in [-0.15, -0.1) is 0 Å². The maximum atomic E-state index is 13.1. The molecule has 0 bridgehead atoms. The van der Waals surface area contributed by atoms with E-state index in [2.05, 4.69) is 6.92 Å². The molecule has 0 saturated carbocycles. The van der Waals surface area contributed by atoms with Gasteiger partial charge in [-0.1, -0.05) is 37.3 Å². The molecule has 1 amide bonds. The first-order valence-electron chi connectivity index (χ1n) is 9.54. The quantitative estimate of drug-likeness (QED) is 0.699. The van der Waals surface area contributed by atoms with Crippen molar-refractivity contribution in [2.75, 3.05) is 11.4 Å². The summed E-state index contributed by atoms with van der Waals surface area (Å²) in [6.45, 7) is 5.25. The molecule has 5 heteroatoms. The Hall–Kier alpha value is -2.95. The number of nitrogens with zero attached hydrogens (tertiary/aromatic N) is 3. The highest BCUT2D eigenvalue weighted by molar-refractivity contribution is 6.05. The van der Waals surface area contributed by atoms with E-state index < -0.39 is 0 Å². The second-order valence-electron chi connectivity index (χ2n) is 6.90. The fourth-order valence-electron chi connectivity index (χ4n) is 4.00. The maximum absolute atomic E-state index is 13.1. The minimum absolute atomic E-state index is 0.0396. The molecule has 138 valence electrons. The van der Waals surface area contributed by atoms with Crippen LogP contribution in [0.5, 0.6) is 0 Å². The van der Waals surface area contributed by atoms with Gasteiger partial charge in [-0.3, -0.25) is 14.2 Å². The van der Waals surface area contributed by atoms with E-state index in [0.717, 1.165) is 17.7 Å². The SMILES string of the molecule is CCCN1C(=O)[C@H](Cc2nc3ccccc3c(=O)n2CC)c2ccccc21. The lowest BCUT2D eigenvalue weighted by Gasteiger charge is -2.17. The van der Waals surface area contributed by atoms with Gasteiger partial charge in [-0.2, -0.15) is 0 Å². The third-order valence-electron chi connectivity index (χ3n) is 5.26. The second kappa shape index (κ2) is 6.99. The van der Waals surface area contributed by atoms with Crippen molar-refractivity contribution in [3.8, 4) is 0 Å². The van der Waals surface area contributed by atoms with Crippen LogP contribution in [-0.2, 0) is 17.8 Å². The van der Waals surface area contributed by atoms with Crippen LogP contribution >= 0.6 is 0 Å². The van der Waals surface area contributed by atoms with Crippen molar-refractivity contribution in [1.29, 1.82) is 0 Å². The zero-order chi connectivity index (χ0) is 19.0. The summed E-state index contributed by atoms with van der Waals surface area (Å²) in [5.74, 6) is 0.481. The molecule has 0 spiro atoms. The molecule has 3 aromatic rings. The Labute approximate surface area is 158 Å². The first-order chi connectivity index (χ1) is 13.2. The largest absolute Gasteiger partial charge is 0.312 e. The summed E-state index contributed by atoms with van der Waals surface area (Å²) in [6.07, 6.45) is 1.34. The molecule has 1 aromatic heterocycles.